The molecule has 27 heavy (non-hydrogen) atoms. The van der Waals surface area contributed by atoms with Crippen molar-refractivity contribution in [2.45, 2.75) is 13.5 Å². The third-order valence-corrected chi connectivity index (χ3v) is 3.74. The third kappa shape index (κ3) is 4.86. The van der Waals surface area contributed by atoms with Crippen molar-refractivity contribution in [1.29, 1.82) is 5.26 Å². The van der Waals surface area contributed by atoms with E-state index in [1.54, 1.807) is 13.0 Å². The van der Waals surface area contributed by atoms with Gasteiger partial charge in [-0.3, -0.25) is 4.79 Å². The summed E-state index contributed by atoms with van der Waals surface area (Å²) in [6.45, 7) is 2.76. The smallest absolute Gasteiger partial charge is 0.267 e. The number of hydrogen-bond donors (Lipinski definition) is 1. The Morgan fingerprint density at radius 3 is 2.85 bits per heavy atom. The minimum atomic E-state index is -0.543. The summed E-state index contributed by atoms with van der Waals surface area (Å²) >= 11 is 0. The summed E-state index contributed by atoms with van der Waals surface area (Å²) in [5.41, 5.74) is 0.703. The Morgan fingerprint density at radius 2 is 2.15 bits per heavy atom. The van der Waals surface area contributed by atoms with Gasteiger partial charge in [-0.25, -0.2) is 0 Å². The van der Waals surface area contributed by atoms with Crippen molar-refractivity contribution in [2.24, 2.45) is 0 Å². The van der Waals surface area contributed by atoms with E-state index in [-0.39, 0.29) is 11.4 Å². The number of carbonyl (C=O) groups is 1. The van der Waals surface area contributed by atoms with E-state index in [9.17, 15) is 10.1 Å². The maximum atomic E-state index is 12.3. The molecule has 0 aliphatic rings. The maximum Gasteiger partial charge on any atom is 0.267 e. The number of aryl methyl sites for hydroxylation is 1. The topological polar surface area (TPSA) is 93.1 Å². The minimum Gasteiger partial charge on any atom is -0.492 e. The Balaban J connectivity index is 1.65. The molecule has 0 radical (unpaired) electrons. The molecular formula is C20H18N4O3. The summed E-state index contributed by atoms with van der Waals surface area (Å²) in [6, 6.07) is 16.7. The van der Waals surface area contributed by atoms with Crippen molar-refractivity contribution >= 4 is 17.8 Å². The fourth-order valence-electron chi connectivity index (χ4n) is 2.45. The fraction of sp³-hybridized carbons (Fsp3) is 0.150. The Morgan fingerprint density at radius 1 is 1.33 bits per heavy atom. The highest BCUT2D eigenvalue weighted by atomic mass is 16.5. The Bertz CT molecular complexity index is 980. The molecule has 0 unspecified atom stereocenters. The highest BCUT2D eigenvalue weighted by Crippen LogP contribution is 2.13. The second-order valence-electron chi connectivity index (χ2n) is 5.73. The largest absolute Gasteiger partial charge is 0.492 e. The molecule has 3 aromatic rings. The number of benzene rings is 1. The highest BCUT2D eigenvalue weighted by Gasteiger charge is 2.12. The zero-order valence-electron chi connectivity index (χ0n) is 14.8. The first-order valence-corrected chi connectivity index (χ1v) is 8.35. The van der Waals surface area contributed by atoms with Gasteiger partial charge < -0.3 is 19.1 Å². The van der Waals surface area contributed by atoms with Crippen LogP contribution in [0.5, 0.6) is 5.75 Å². The Kier molecular flexibility index (Phi) is 5.70. The molecule has 0 aliphatic heterocycles. The number of nitrogens with one attached hydrogen (secondary N) is 1. The van der Waals surface area contributed by atoms with Gasteiger partial charge in [-0.05, 0) is 37.3 Å². The number of amides is 1. The van der Waals surface area contributed by atoms with Crippen molar-refractivity contribution < 1.29 is 14.1 Å². The summed E-state index contributed by atoms with van der Waals surface area (Å²) < 4.78 is 12.5. The monoisotopic (exact) mass is 362 g/mol. The number of hydrogen-bond acceptors (Lipinski definition) is 5. The van der Waals surface area contributed by atoms with Gasteiger partial charge in [0.1, 0.15) is 29.8 Å². The van der Waals surface area contributed by atoms with Gasteiger partial charge >= 0.3 is 0 Å². The number of ether oxygens (including phenoxy) is 1. The molecule has 0 atom stereocenters. The van der Waals surface area contributed by atoms with Crippen LogP contribution in [0.3, 0.4) is 0 Å². The van der Waals surface area contributed by atoms with E-state index in [0.29, 0.717) is 18.9 Å². The van der Waals surface area contributed by atoms with Crippen LogP contribution in [0.2, 0.25) is 0 Å². The lowest BCUT2D eigenvalue weighted by Gasteiger charge is -2.09. The Hall–Kier alpha value is -3.79. The zero-order valence-corrected chi connectivity index (χ0v) is 14.8. The molecule has 0 saturated carbocycles. The number of carbonyl (C=O) groups excluding carboxylic acids is 1. The number of para-hydroxylation sites is 1. The van der Waals surface area contributed by atoms with Crippen molar-refractivity contribution in [3.63, 3.8) is 0 Å². The average molecular weight is 362 g/mol. The molecule has 1 N–H and O–H groups in total. The molecule has 0 saturated heterocycles. The van der Waals surface area contributed by atoms with Crippen molar-refractivity contribution in [1.82, 2.24) is 9.72 Å². The Labute approximate surface area is 156 Å². The summed E-state index contributed by atoms with van der Waals surface area (Å²) in [7, 11) is 0. The van der Waals surface area contributed by atoms with Crippen LogP contribution < -0.4 is 10.1 Å². The van der Waals surface area contributed by atoms with Crippen molar-refractivity contribution in [3.8, 4) is 11.8 Å². The molecule has 1 amide bonds. The first-order chi connectivity index (χ1) is 13.2. The van der Waals surface area contributed by atoms with E-state index in [1.807, 2.05) is 59.3 Å². The summed E-state index contributed by atoms with van der Waals surface area (Å²) in [6.07, 6.45) is 3.40. The molecule has 0 spiro atoms. The minimum absolute atomic E-state index is 0.0282. The number of anilines is 1. The summed E-state index contributed by atoms with van der Waals surface area (Å²) in [5, 5.41) is 15.6. The summed E-state index contributed by atoms with van der Waals surface area (Å²) in [4.78, 5) is 12.3. The van der Waals surface area contributed by atoms with Crippen LogP contribution in [0, 0.1) is 18.3 Å². The second-order valence-corrected chi connectivity index (χ2v) is 5.73. The van der Waals surface area contributed by atoms with Crippen LogP contribution in [0.1, 0.15) is 11.5 Å². The standard InChI is InChI=1S/C20H18N4O3/c1-15-12-19(23-27-15)22-20(25)16(14-21)13-17-6-5-9-24(17)10-11-26-18-7-3-2-4-8-18/h2-9,12-13H,10-11H2,1H3,(H,22,23,25)/b16-13-. The van der Waals surface area contributed by atoms with Crippen molar-refractivity contribution in [3.05, 3.63) is 71.8 Å². The second kappa shape index (κ2) is 8.54. The van der Waals surface area contributed by atoms with Crippen LogP contribution in [0.25, 0.3) is 6.08 Å². The lowest BCUT2D eigenvalue weighted by molar-refractivity contribution is -0.112. The van der Waals surface area contributed by atoms with E-state index in [2.05, 4.69) is 10.5 Å². The van der Waals surface area contributed by atoms with Gasteiger partial charge in [-0.15, -0.1) is 0 Å². The number of aromatic nitrogens is 2. The van der Waals surface area contributed by atoms with E-state index in [0.717, 1.165) is 11.4 Å². The zero-order chi connectivity index (χ0) is 19.1. The molecular weight excluding hydrogens is 344 g/mol. The van der Waals surface area contributed by atoms with E-state index < -0.39 is 5.91 Å². The first kappa shape index (κ1) is 18.0. The van der Waals surface area contributed by atoms with Gasteiger partial charge in [0, 0.05) is 18.0 Å². The number of nitrogens with zero attached hydrogens (tertiary/aromatic N) is 3. The van der Waals surface area contributed by atoms with Gasteiger partial charge in [-0.1, -0.05) is 23.4 Å². The average Bonchev–Trinajstić information content (AvgIpc) is 3.29. The highest BCUT2D eigenvalue weighted by molar-refractivity contribution is 6.09. The molecule has 2 heterocycles. The maximum absolute atomic E-state index is 12.3. The van der Waals surface area contributed by atoms with Gasteiger partial charge in [0.2, 0.25) is 0 Å². The van der Waals surface area contributed by atoms with Crippen LogP contribution in [0.15, 0.2) is 64.8 Å². The molecule has 0 bridgehead atoms. The molecule has 7 heteroatoms. The van der Waals surface area contributed by atoms with Crippen LogP contribution in [0.4, 0.5) is 5.82 Å². The van der Waals surface area contributed by atoms with Crippen LogP contribution in [-0.2, 0) is 11.3 Å². The quantitative estimate of drug-likeness (QED) is 0.513. The fourth-order valence-corrected chi connectivity index (χ4v) is 2.45. The van der Waals surface area contributed by atoms with Crippen molar-refractivity contribution in [2.75, 3.05) is 11.9 Å². The molecule has 0 aliphatic carbocycles. The van der Waals surface area contributed by atoms with E-state index >= 15 is 0 Å². The molecule has 1 aromatic carbocycles. The first-order valence-electron chi connectivity index (χ1n) is 8.35. The predicted molar refractivity (Wildman–Crippen MR) is 99.8 cm³/mol. The van der Waals surface area contributed by atoms with Gasteiger partial charge in [-0.2, -0.15) is 5.26 Å². The molecule has 136 valence electrons. The molecule has 7 nitrogen and oxygen atoms in total. The normalized spacial score (nSPS) is 11.0. The lowest BCUT2D eigenvalue weighted by atomic mass is 10.2. The molecule has 3 rings (SSSR count). The van der Waals surface area contributed by atoms with Gasteiger partial charge in [0.15, 0.2) is 5.82 Å². The summed E-state index contributed by atoms with van der Waals surface area (Å²) in [5.74, 6) is 1.09. The van der Waals surface area contributed by atoms with Crippen LogP contribution >= 0.6 is 0 Å². The third-order valence-electron chi connectivity index (χ3n) is 3.74. The van der Waals surface area contributed by atoms with Gasteiger partial charge in [0.05, 0.1) is 6.54 Å². The van der Waals surface area contributed by atoms with Gasteiger partial charge in [0.25, 0.3) is 5.91 Å². The lowest BCUT2D eigenvalue weighted by Crippen LogP contribution is -2.14. The molecule has 2 aromatic heterocycles. The SMILES string of the molecule is Cc1cc(NC(=O)/C(C#N)=C\c2cccn2CCOc2ccccc2)no1. The predicted octanol–water partition coefficient (Wildman–Crippen LogP) is 3.41. The van der Waals surface area contributed by atoms with E-state index in [1.165, 1.54) is 6.08 Å². The van der Waals surface area contributed by atoms with Crippen LogP contribution in [-0.4, -0.2) is 22.2 Å². The molecule has 0 fully saturated rings. The number of rotatable bonds is 7. The number of nitriles is 1. The van der Waals surface area contributed by atoms with E-state index in [4.69, 9.17) is 9.26 Å².